The summed E-state index contributed by atoms with van der Waals surface area (Å²) in [5, 5.41) is 3.39. The van der Waals surface area contributed by atoms with Crippen molar-refractivity contribution in [3.8, 4) is 5.88 Å². The molecule has 3 rings (SSSR count). The fraction of sp³-hybridized carbons (Fsp3) is 0.333. The highest BCUT2D eigenvalue weighted by Crippen LogP contribution is 2.22. The average Bonchev–Trinajstić information content (AvgIpc) is 2.72. The highest BCUT2D eigenvalue weighted by molar-refractivity contribution is 14.0. The van der Waals surface area contributed by atoms with Crippen LogP contribution in [0.5, 0.6) is 5.88 Å². The van der Waals surface area contributed by atoms with Crippen LogP contribution in [-0.2, 0) is 6.54 Å². The Morgan fingerprint density at radius 1 is 1.19 bits per heavy atom. The average molecular weight is 478 g/mol. The van der Waals surface area contributed by atoms with Crippen LogP contribution in [0.25, 0.3) is 5.57 Å². The number of halogens is 1. The molecule has 0 saturated heterocycles. The van der Waals surface area contributed by atoms with Crippen molar-refractivity contribution in [2.45, 2.75) is 19.9 Å². The van der Waals surface area contributed by atoms with Gasteiger partial charge in [0.05, 0.1) is 19.3 Å². The van der Waals surface area contributed by atoms with E-state index in [2.05, 4.69) is 58.5 Å². The lowest BCUT2D eigenvalue weighted by molar-refractivity contribution is 0.396. The summed E-state index contributed by atoms with van der Waals surface area (Å²) in [7, 11) is 1.63. The number of ether oxygens (including phenoxy) is 1. The van der Waals surface area contributed by atoms with Crippen LogP contribution in [0.2, 0.25) is 0 Å². The van der Waals surface area contributed by atoms with Crippen LogP contribution in [0, 0.1) is 0 Å². The largest absolute Gasteiger partial charge is 0.481 e. The molecule has 1 aliphatic rings. The van der Waals surface area contributed by atoms with Crippen molar-refractivity contribution >= 4 is 35.5 Å². The Labute approximate surface area is 178 Å². The normalized spacial score (nSPS) is 14.2. The van der Waals surface area contributed by atoms with Gasteiger partial charge in [0.15, 0.2) is 5.96 Å². The first-order chi connectivity index (χ1) is 12.8. The number of aromatic nitrogens is 1. The Balaban J connectivity index is 0.00000261. The summed E-state index contributed by atoms with van der Waals surface area (Å²) in [6, 6.07) is 16.4. The molecule has 144 valence electrons. The van der Waals surface area contributed by atoms with Gasteiger partial charge in [0.25, 0.3) is 0 Å². The fourth-order valence-electron chi connectivity index (χ4n) is 3.02. The number of hydrogen-bond acceptors (Lipinski definition) is 3. The van der Waals surface area contributed by atoms with Crippen molar-refractivity contribution in [1.29, 1.82) is 0 Å². The summed E-state index contributed by atoms with van der Waals surface area (Å²) in [6.45, 7) is 5.29. The zero-order valence-electron chi connectivity index (χ0n) is 15.9. The Kier molecular flexibility index (Phi) is 8.57. The highest BCUT2D eigenvalue weighted by Gasteiger charge is 2.16. The molecule has 0 fully saturated rings. The van der Waals surface area contributed by atoms with Crippen LogP contribution in [0.1, 0.15) is 24.6 Å². The molecular weight excluding hydrogens is 451 g/mol. The van der Waals surface area contributed by atoms with Crippen LogP contribution in [0.3, 0.4) is 0 Å². The standard InChI is InChI=1S/C21H26N4O.HI/c1-3-22-21(23-16-19-10-7-11-20(24-19)26-2)25-14-12-18(13-15-25)17-8-5-4-6-9-17;/h4-12H,3,13-16H2,1-2H3,(H,22,23);1H. The molecule has 1 aromatic heterocycles. The van der Waals surface area contributed by atoms with E-state index >= 15 is 0 Å². The van der Waals surface area contributed by atoms with Gasteiger partial charge in [-0.05, 0) is 30.5 Å². The molecule has 0 saturated carbocycles. The summed E-state index contributed by atoms with van der Waals surface area (Å²) >= 11 is 0. The Morgan fingerprint density at radius 2 is 2.00 bits per heavy atom. The van der Waals surface area contributed by atoms with E-state index in [1.165, 1.54) is 11.1 Å². The zero-order chi connectivity index (χ0) is 18.2. The first-order valence-corrected chi connectivity index (χ1v) is 9.07. The number of guanidine groups is 1. The minimum absolute atomic E-state index is 0. The molecule has 27 heavy (non-hydrogen) atoms. The number of benzene rings is 1. The number of aliphatic imine (C=N–C) groups is 1. The van der Waals surface area contributed by atoms with E-state index in [0.717, 1.165) is 37.7 Å². The Morgan fingerprint density at radius 3 is 2.67 bits per heavy atom. The molecule has 1 aromatic carbocycles. The van der Waals surface area contributed by atoms with Crippen LogP contribution in [0.4, 0.5) is 0 Å². The molecule has 0 bridgehead atoms. The van der Waals surface area contributed by atoms with Crippen LogP contribution in [0.15, 0.2) is 59.6 Å². The molecule has 0 spiro atoms. The molecule has 0 radical (unpaired) electrons. The number of pyridine rings is 1. The SMILES string of the molecule is CCNC(=NCc1cccc(OC)n1)N1CC=C(c2ccccc2)CC1.I. The number of hydrogen-bond donors (Lipinski definition) is 1. The molecule has 5 nitrogen and oxygen atoms in total. The van der Waals surface area contributed by atoms with E-state index in [1.54, 1.807) is 7.11 Å². The minimum Gasteiger partial charge on any atom is -0.481 e. The third kappa shape index (κ3) is 5.95. The van der Waals surface area contributed by atoms with Crippen LogP contribution in [-0.4, -0.2) is 42.6 Å². The molecule has 0 amide bonds. The first kappa shape index (κ1) is 21.2. The molecule has 0 unspecified atom stereocenters. The topological polar surface area (TPSA) is 49.8 Å². The van der Waals surface area contributed by atoms with Crippen molar-refractivity contribution < 1.29 is 4.74 Å². The molecule has 0 atom stereocenters. The van der Waals surface area contributed by atoms with Crippen molar-refractivity contribution in [1.82, 2.24) is 15.2 Å². The monoisotopic (exact) mass is 478 g/mol. The van der Waals surface area contributed by atoms with E-state index in [0.29, 0.717) is 12.4 Å². The van der Waals surface area contributed by atoms with Gasteiger partial charge in [-0.2, -0.15) is 0 Å². The van der Waals surface area contributed by atoms with Gasteiger partial charge >= 0.3 is 0 Å². The summed E-state index contributed by atoms with van der Waals surface area (Å²) in [5.41, 5.74) is 3.62. The van der Waals surface area contributed by atoms with E-state index < -0.39 is 0 Å². The van der Waals surface area contributed by atoms with Crippen molar-refractivity contribution in [3.63, 3.8) is 0 Å². The fourth-order valence-corrected chi connectivity index (χ4v) is 3.02. The molecule has 1 aliphatic heterocycles. The van der Waals surface area contributed by atoms with Crippen molar-refractivity contribution in [2.24, 2.45) is 4.99 Å². The maximum absolute atomic E-state index is 5.19. The number of methoxy groups -OCH3 is 1. The number of rotatable bonds is 5. The third-order valence-corrected chi connectivity index (χ3v) is 4.37. The van der Waals surface area contributed by atoms with E-state index in [-0.39, 0.29) is 24.0 Å². The molecule has 6 heteroatoms. The Hall–Kier alpha value is -2.09. The molecule has 2 heterocycles. The van der Waals surface area contributed by atoms with E-state index in [4.69, 9.17) is 9.73 Å². The van der Waals surface area contributed by atoms with Gasteiger partial charge < -0.3 is 15.0 Å². The molecular formula is C21H27IN4O. The second-order valence-electron chi connectivity index (χ2n) is 6.13. The summed E-state index contributed by atoms with van der Waals surface area (Å²) < 4.78 is 5.19. The summed E-state index contributed by atoms with van der Waals surface area (Å²) in [4.78, 5) is 11.5. The molecule has 0 aliphatic carbocycles. The minimum atomic E-state index is 0. The summed E-state index contributed by atoms with van der Waals surface area (Å²) in [5.74, 6) is 1.55. The predicted molar refractivity (Wildman–Crippen MR) is 122 cm³/mol. The van der Waals surface area contributed by atoms with Gasteiger partial charge in [-0.1, -0.05) is 42.5 Å². The van der Waals surface area contributed by atoms with Gasteiger partial charge in [-0.15, -0.1) is 24.0 Å². The maximum Gasteiger partial charge on any atom is 0.213 e. The zero-order valence-corrected chi connectivity index (χ0v) is 18.2. The van der Waals surface area contributed by atoms with Crippen LogP contribution >= 0.6 is 24.0 Å². The van der Waals surface area contributed by atoms with E-state index in [1.807, 2.05) is 18.2 Å². The molecule has 1 N–H and O–H groups in total. The quantitative estimate of drug-likeness (QED) is 0.402. The second kappa shape index (κ2) is 10.9. The molecule has 2 aromatic rings. The van der Waals surface area contributed by atoms with E-state index in [9.17, 15) is 0 Å². The van der Waals surface area contributed by atoms with Gasteiger partial charge in [0.2, 0.25) is 5.88 Å². The smallest absolute Gasteiger partial charge is 0.213 e. The van der Waals surface area contributed by atoms with Gasteiger partial charge in [-0.3, -0.25) is 0 Å². The Bertz CT molecular complexity index is 777. The predicted octanol–water partition coefficient (Wildman–Crippen LogP) is 3.96. The lowest BCUT2D eigenvalue weighted by atomic mass is 10.00. The number of nitrogens with zero attached hydrogens (tertiary/aromatic N) is 3. The second-order valence-corrected chi connectivity index (χ2v) is 6.13. The highest BCUT2D eigenvalue weighted by atomic mass is 127. The summed E-state index contributed by atoms with van der Waals surface area (Å²) in [6.07, 6.45) is 3.32. The number of nitrogens with one attached hydrogen (secondary N) is 1. The maximum atomic E-state index is 5.19. The lowest BCUT2D eigenvalue weighted by Gasteiger charge is -2.29. The third-order valence-electron chi connectivity index (χ3n) is 4.37. The van der Waals surface area contributed by atoms with Crippen LogP contribution < -0.4 is 10.1 Å². The van der Waals surface area contributed by atoms with Crippen molar-refractivity contribution in [3.05, 3.63) is 65.9 Å². The van der Waals surface area contributed by atoms with Crippen molar-refractivity contribution in [2.75, 3.05) is 26.7 Å². The van der Waals surface area contributed by atoms with Gasteiger partial charge in [0, 0.05) is 25.7 Å². The lowest BCUT2D eigenvalue weighted by Crippen LogP contribution is -2.43. The first-order valence-electron chi connectivity index (χ1n) is 9.07. The van der Waals surface area contributed by atoms with Gasteiger partial charge in [-0.25, -0.2) is 9.98 Å². The van der Waals surface area contributed by atoms with Gasteiger partial charge in [0.1, 0.15) is 0 Å².